The minimum absolute atomic E-state index is 0.0379. The Labute approximate surface area is 96.2 Å². The summed E-state index contributed by atoms with van der Waals surface area (Å²) in [5.74, 6) is 0.137. The highest BCUT2D eigenvalue weighted by Gasteiger charge is 2.17. The maximum Gasteiger partial charge on any atom is 0.359 e. The van der Waals surface area contributed by atoms with Crippen LogP contribution in [-0.2, 0) is 0 Å². The molecule has 2 rings (SSSR count). The van der Waals surface area contributed by atoms with Crippen LogP contribution in [0.25, 0.3) is 11.0 Å². The molecule has 17 heavy (non-hydrogen) atoms. The molecule has 1 aromatic carbocycles. The zero-order chi connectivity index (χ0) is 12.6. The monoisotopic (exact) mass is 237 g/mol. The van der Waals surface area contributed by atoms with Crippen molar-refractivity contribution in [1.82, 2.24) is 0 Å². The van der Waals surface area contributed by atoms with Crippen LogP contribution in [-0.4, -0.2) is 19.3 Å². The van der Waals surface area contributed by atoms with Crippen molar-refractivity contribution in [1.29, 1.82) is 0 Å². The molecule has 0 aliphatic carbocycles. The molecule has 0 saturated heterocycles. The lowest BCUT2D eigenvalue weighted by Gasteiger charge is -2.11. The Morgan fingerprint density at radius 1 is 1.24 bits per heavy atom. The Bertz CT molecular complexity index is 632. The van der Waals surface area contributed by atoms with E-state index in [0.717, 1.165) is 0 Å². The molecule has 0 unspecified atom stereocenters. The van der Waals surface area contributed by atoms with E-state index in [1.807, 2.05) is 0 Å². The molecule has 0 spiro atoms. The van der Waals surface area contributed by atoms with Crippen LogP contribution in [0, 0.1) is 0 Å². The fraction of sp³-hybridized carbons (Fsp3) is 0.182. The molecule has 0 aliphatic heterocycles. The highest BCUT2D eigenvalue weighted by Crippen LogP contribution is 2.42. The molecule has 1 heterocycles. The molecule has 2 aromatic rings. The summed E-state index contributed by atoms with van der Waals surface area (Å²) in [6.45, 7) is 0. The van der Waals surface area contributed by atoms with Crippen molar-refractivity contribution >= 4 is 16.7 Å². The van der Waals surface area contributed by atoms with Crippen molar-refractivity contribution in [2.45, 2.75) is 0 Å². The van der Waals surface area contributed by atoms with Crippen LogP contribution in [0.3, 0.4) is 0 Å². The molecule has 0 bridgehead atoms. The third-order valence-corrected chi connectivity index (χ3v) is 2.35. The summed E-state index contributed by atoms with van der Waals surface area (Å²) in [4.78, 5) is 11.3. The Morgan fingerprint density at radius 2 is 1.88 bits per heavy atom. The zero-order valence-corrected chi connectivity index (χ0v) is 9.31. The first kappa shape index (κ1) is 11.1. The molecule has 0 fully saturated rings. The number of hydrogen-bond donors (Lipinski definition) is 2. The van der Waals surface area contributed by atoms with Gasteiger partial charge in [0, 0.05) is 5.39 Å². The predicted octanol–water partition coefficient (Wildman–Crippen LogP) is 1.10. The first-order valence-electron chi connectivity index (χ1n) is 4.75. The quantitative estimate of drug-likeness (QED) is 0.759. The fourth-order valence-corrected chi connectivity index (χ4v) is 1.60. The summed E-state index contributed by atoms with van der Waals surface area (Å²) in [5, 5.41) is 10.2. The first-order valence-corrected chi connectivity index (χ1v) is 4.75. The third kappa shape index (κ3) is 1.63. The number of fused-ring (bicyclic) bond motifs is 1. The summed E-state index contributed by atoms with van der Waals surface area (Å²) in [6.07, 6.45) is 0. The van der Waals surface area contributed by atoms with Crippen LogP contribution in [0.2, 0.25) is 0 Å². The predicted molar refractivity (Wildman–Crippen MR) is 61.7 cm³/mol. The molecular formula is C11H11NO5. The Morgan fingerprint density at radius 3 is 2.47 bits per heavy atom. The number of anilines is 1. The number of hydrogen-bond acceptors (Lipinski definition) is 6. The van der Waals surface area contributed by atoms with E-state index in [0.29, 0.717) is 5.39 Å². The summed E-state index contributed by atoms with van der Waals surface area (Å²) in [5.41, 5.74) is 4.92. The van der Waals surface area contributed by atoms with E-state index >= 15 is 0 Å². The maximum absolute atomic E-state index is 11.3. The number of rotatable bonds is 2. The molecule has 6 heteroatoms. The van der Waals surface area contributed by atoms with Crippen LogP contribution in [0.1, 0.15) is 0 Å². The molecule has 90 valence electrons. The number of aromatic hydroxyl groups is 1. The largest absolute Gasteiger partial charge is 0.504 e. The number of ether oxygens (including phenoxy) is 2. The van der Waals surface area contributed by atoms with Gasteiger partial charge in [0.1, 0.15) is 5.69 Å². The molecule has 0 radical (unpaired) electrons. The van der Waals surface area contributed by atoms with Gasteiger partial charge >= 0.3 is 5.63 Å². The molecular weight excluding hydrogens is 226 g/mol. The van der Waals surface area contributed by atoms with Crippen LogP contribution < -0.4 is 20.8 Å². The fourth-order valence-electron chi connectivity index (χ4n) is 1.60. The summed E-state index contributed by atoms with van der Waals surface area (Å²) < 4.78 is 15.1. The van der Waals surface area contributed by atoms with Gasteiger partial charge in [0.05, 0.1) is 14.2 Å². The summed E-state index contributed by atoms with van der Waals surface area (Å²) >= 11 is 0. The number of benzene rings is 1. The average molecular weight is 237 g/mol. The van der Waals surface area contributed by atoms with Crippen LogP contribution in [0.15, 0.2) is 21.3 Å². The Balaban J connectivity index is 2.94. The SMILES string of the molecule is COc1c(O)cc2cc(N)c(=O)oc2c1OC. The van der Waals surface area contributed by atoms with E-state index < -0.39 is 5.63 Å². The number of phenols is 1. The lowest BCUT2D eigenvalue weighted by molar-refractivity contribution is 0.331. The van der Waals surface area contributed by atoms with Crippen molar-refractivity contribution in [2.75, 3.05) is 20.0 Å². The third-order valence-electron chi connectivity index (χ3n) is 2.35. The standard InChI is InChI=1S/C11H11NO5/c1-15-9-7(13)4-5-3-6(12)11(14)17-8(5)10(9)16-2/h3-4,13H,12H2,1-2H3. The van der Waals surface area contributed by atoms with Gasteiger partial charge < -0.3 is 24.7 Å². The molecule has 0 saturated carbocycles. The Kier molecular flexibility index (Phi) is 2.55. The van der Waals surface area contributed by atoms with Crippen LogP contribution >= 0.6 is 0 Å². The zero-order valence-electron chi connectivity index (χ0n) is 9.31. The normalized spacial score (nSPS) is 10.5. The van der Waals surface area contributed by atoms with Crippen LogP contribution in [0.4, 0.5) is 5.69 Å². The topological polar surface area (TPSA) is 94.9 Å². The van der Waals surface area contributed by atoms with Gasteiger partial charge in [-0.2, -0.15) is 0 Å². The number of phenolic OH excluding ortho intramolecular Hbond substituents is 1. The second-order valence-electron chi connectivity index (χ2n) is 3.37. The molecule has 6 nitrogen and oxygen atoms in total. The van der Waals surface area contributed by atoms with E-state index in [-0.39, 0.29) is 28.5 Å². The lowest BCUT2D eigenvalue weighted by atomic mass is 10.2. The van der Waals surface area contributed by atoms with Gasteiger partial charge in [-0.25, -0.2) is 4.79 Å². The molecule has 3 N–H and O–H groups in total. The summed E-state index contributed by atoms with van der Waals surface area (Å²) in [6, 6.07) is 2.79. The molecule has 0 amide bonds. The van der Waals surface area contributed by atoms with E-state index in [2.05, 4.69) is 0 Å². The van der Waals surface area contributed by atoms with Crippen molar-refractivity contribution in [3.8, 4) is 17.2 Å². The van der Waals surface area contributed by atoms with Gasteiger partial charge in [-0.1, -0.05) is 0 Å². The second-order valence-corrected chi connectivity index (χ2v) is 3.37. The average Bonchev–Trinajstić information content (AvgIpc) is 2.30. The number of nitrogens with two attached hydrogens (primary N) is 1. The lowest BCUT2D eigenvalue weighted by Crippen LogP contribution is -2.06. The highest BCUT2D eigenvalue weighted by atomic mass is 16.5. The van der Waals surface area contributed by atoms with Gasteiger partial charge in [0.15, 0.2) is 11.3 Å². The number of methoxy groups -OCH3 is 2. The molecule has 1 aromatic heterocycles. The van der Waals surface area contributed by atoms with E-state index in [1.54, 1.807) is 0 Å². The highest BCUT2D eigenvalue weighted by molar-refractivity contribution is 5.89. The van der Waals surface area contributed by atoms with Gasteiger partial charge in [-0.05, 0) is 12.1 Å². The van der Waals surface area contributed by atoms with E-state index in [9.17, 15) is 9.90 Å². The minimum atomic E-state index is -0.663. The van der Waals surface area contributed by atoms with Gasteiger partial charge in [-0.3, -0.25) is 0 Å². The molecule has 0 atom stereocenters. The maximum atomic E-state index is 11.3. The number of nitrogen functional groups attached to an aromatic ring is 1. The van der Waals surface area contributed by atoms with Crippen LogP contribution in [0.5, 0.6) is 17.2 Å². The van der Waals surface area contributed by atoms with Crippen molar-refractivity contribution in [3.63, 3.8) is 0 Å². The van der Waals surface area contributed by atoms with E-state index in [4.69, 9.17) is 19.6 Å². The second kappa shape index (κ2) is 3.89. The summed E-state index contributed by atoms with van der Waals surface area (Å²) in [7, 11) is 2.76. The first-order chi connectivity index (χ1) is 8.08. The van der Waals surface area contributed by atoms with Crippen molar-refractivity contribution < 1.29 is 19.0 Å². The van der Waals surface area contributed by atoms with Crippen molar-refractivity contribution in [2.24, 2.45) is 0 Å². The van der Waals surface area contributed by atoms with Gasteiger partial charge in [0.25, 0.3) is 0 Å². The van der Waals surface area contributed by atoms with Gasteiger partial charge in [0.2, 0.25) is 11.5 Å². The minimum Gasteiger partial charge on any atom is -0.504 e. The van der Waals surface area contributed by atoms with Gasteiger partial charge in [-0.15, -0.1) is 0 Å². The Hall–Kier alpha value is -2.37. The molecule has 0 aliphatic rings. The van der Waals surface area contributed by atoms with E-state index in [1.165, 1.54) is 26.4 Å². The smallest absolute Gasteiger partial charge is 0.359 e. The van der Waals surface area contributed by atoms with Crippen molar-refractivity contribution in [3.05, 3.63) is 22.6 Å².